The summed E-state index contributed by atoms with van der Waals surface area (Å²) < 4.78 is 7.25. The number of ketones is 1. The van der Waals surface area contributed by atoms with E-state index in [0.29, 0.717) is 30.2 Å². The van der Waals surface area contributed by atoms with Gasteiger partial charge in [0.1, 0.15) is 5.76 Å². The summed E-state index contributed by atoms with van der Waals surface area (Å²) in [6.45, 7) is 2.12. The van der Waals surface area contributed by atoms with Gasteiger partial charge < -0.3 is 9.73 Å². The number of carbonyl (C=O) groups excluding carboxylic acids is 1. The Morgan fingerprint density at radius 1 is 1.10 bits per heavy atom. The largest absolute Gasteiger partial charge is 0.469 e. The Morgan fingerprint density at radius 2 is 1.90 bits per heavy atom. The zero-order chi connectivity index (χ0) is 20.5. The molecular formula is C23H21N5O2. The van der Waals surface area contributed by atoms with Crippen LogP contribution in [0.5, 0.6) is 0 Å². The van der Waals surface area contributed by atoms with Crippen LogP contribution < -0.4 is 5.32 Å². The fourth-order valence-corrected chi connectivity index (χ4v) is 3.90. The van der Waals surface area contributed by atoms with Gasteiger partial charge in [0.05, 0.1) is 17.5 Å². The van der Waals surface area contributed by atoms with Crippen molar-refractivity contribution >= 4 is 17.3 Å². The first-order valence-corrected chi connectivity index (χ1v) is 10.0. The van der Waals surface area contributed by atoms with Gasteiger partial charge in [0.15, 0.2) is 11.6 Å². The first kappa shape index (κ1) is 18.3. The molecule has 150 valence electrons. The van der Waals surface area contributed by atoms with Crippen LogP contribution in [0.15, 0.2) is 65.5 Å². The highest BCUT2D eigenvalue weighted by atomic mass is 16.3. The molecule has 1 aromatic carbocycles. The van der Waals surface area contributed by atoms with Crippen LogP contribution in [-0.4, -0.2) is 25.5 Å². The quantitative estimate of drug-likeness (QED) is 0.533. The molecule has 0 bridgehead atoms. The molecule has 1 unspecified atom stereocenters. The SMILES string of the molecule is CCc1ccc(Nc2nn(-c3ncccn3)c3c2C(=O)CC(c2ccco2)C3)cc1. The number of hydrogen-bond acceptors (Lipinski definition) is 6. The Morgan fingerprint density at radius 3 is 2.60 bits per heavy atom. The lowest BCUT2D eigenvalue weighted by Crippen LogP contribution is -2.21. The van der Waals surface area contributed by atoms with Gasteiger partial charge >= 0.3 is 0 Å². The van der Waals surface area contributed by atoms with Gasteiger partial charge in [0.25, 0.3) is 5.95 Å². The normalized spacial score (nSPS) is 15.8. The fourth-order valence-electron chi connectivity index (χ4n) is 3.90. The summed E-state index contributed by atoms with van der Waals surface area (Å²) in [4.78, 5) is 21.9. The van der Waals surface area contributed by atoms with E-state index in [1.807, 2.05) is 24.3 Å². The van der Waals surface area contributed by atoms with E-state index in [1.165, 1.54) is 5.56 Å². The zero-order valence-electron chi connectivity index (χ0n) is 16.6. The van der Waals surface area contributed by atoms with E-state index >= 15 is 0 Å². The molecule has 5 rings (SSSR count). The Bertz CT molecular complexity index is 1160. The molecular weight excluding hydrogens is 378 g/mol. The van der Waals surface area contributed by atoms with Crippen molar-refractivity contribution in [2.75, 3.05) is 5.32 Å². The minimum absolute atomic E-state index is 0.0316. The molecule has 0 saturated carbocycles. The van der Waals surface area contributed by atoms with Gasteiger partial charge in [-0.05, 0) is 42.3 Å². The molecule has 1 atom stereocenters. The number of Topliss-reactive ketones (excluding diaryl/α,β-unsaturated/α-hetero) is 1. The molecule has 1 aliphatic rings. The van der Waals surface area contributed by atoms with Crippen molar-refractivity contribution in [3.63, 3.8) is 0 Å². The Balaban J connectivity index is 1.58. The molecule has 7 heteroatoms. The monoisotopic (exact) mass is 399 g/mol. The van der Waals surface area contributed by atoms with E-state index in [2.05, 4.69) is 34.3 Å². The van der Waals surface area contributed by atoms with E-state index in [0.717, 1.165) is 23.6 Å². The summed E-state index contributed by atoms with van der Waals surface area (Å²) in [5.74, 6) is 1.78. The van der Waals surface area contributed by atoms with Gasteiger partial charge in [-0.1, -0.05) is 19.1 Å². The van der Waals surface area contributed by atoms with Gasteiger partial charge in [-0.3, -0.25) is 4.79 Å². The molecule has 0 spiro atoms. The number of nitrogens with one attached hydrogen (secondary N) is 1. The second-order valence-electron chi connectivity index (χ2n) is 7.35. The van der Waals surface area contributed by atoms with Crippen LogP contribution >= 0.6 is 0 Å². The smallest absolute Gasteiger partial charge is 0.250 e. The molecule has 0 aliphatic heterocycles. The van der Waals surface area contributed by atoms with Crippen molar-refractivity contribution < 1.29 is 9.21 Å². The minimum atomic E-state index is -0.0316. The maximum absolute atomic E-state index is 13.2. The summed E-state index contributed by atoms with van der Waals surface area (Å²) in [5, 5.41) is 8.02. The maximum atomic E-state index is 13.2. The number of carbonyl (C=O) groups is 1. The van der Waals surface area contributed by atoms with E-state index in [1.54, 1.807) is 29.4 Å². The summed E-state index contributed by atoms with van der Waals surface area (Å²) in [6.07, 6.45) is 6.95. The number of aromatic nitrogens is 4. The van der Waals surface area contributed by atoms with Crippen molar-refractivity contribution in [1.29, 1.82) is 0 Å². The number of anilines is 2. The van der Waals surface area contributed by atoms with Crippen LogP contribution in [0.3, 0.4) is 0 Å². The summed E-state index contributed by atoms with van der Waals surface area (Å²) >= 11 is 0. The second kappa shape index (κ2) is 7.59. The molecule has 0 fully saturated rings. The highest BCUT2D eigenvalue weighted by Gasteiger charge is 2.35. The molecule has 0 radical (unpaired) electrons. The molecule has 3 aromatic heterocycles. The number of benzene rings is 1. The molecule has 7 nitrogen and oxygen atoms in total. The van der Waals surface area contributed by atoms with Gasteiger partial charge in [-0.25, -0.2) is 14.6 Å². The highest BCUT2D eigenvalue weighted by molar-refractivity contribution is 6.03. The third-order valence-corrected chi connectivity index (χ3v) is 5.44. The maximum Gasteiger partial charge on any atom is 0.250 e. The van der Waals surface area contributed by atoms with Gasteiger partial charge in [0, 0.05) is 36.8 Å². The van der Waals surface area contributed by atoms with Crippen molar-refractivity contribution in [3.8, 4) is 5.95 Å². The van der Waals surface area contributed by atoms with Crippen molar-refractivity contribution in [1.82, 2.24) is 19.7 Å². The number of furan rings is 1. The molecule has 30 heavy (non-hydrogen) atoms. The Kier molecular flexibility index (Phi) is 4.63. The van der Waals surface area contributed by atoms with Crippen LogP contribution in [-0.2, 0) is 12.8 Å². The van der Waals surface area contributed by atoms with E-state index in [9.17, 15) is 4.79 Å². The molecule has 0 saturated heterocycles. The molecule has 0 amide bonds. The molecule has 4 aromatic rings. The standard InChI is InChI=1S/C23H21N5O2/c1-2-15-6-8-17(9-7-15)26-22-21-18(28(27-22)23-24-10-4-11-25-23)13-16(14-19(21)29)20-5-3-12-30-20/h3-12,16H,2,13-14H2,1H3,(H,26,27). The predicted octanol–water partition coefficient (Wildman–Crippen LogP) is 4.47. The third kappa shape index (κ3) is 3.28. The summed E-state index contributed by atoms with van der Waals surface area (Å²) in [7, 11) is 0. The van der Waals surface area contributed by atoms with Gasteiger partial charge in [-0.15, -0.1) is 5.10 Å². The Hall–Kier alpha value is -3.74. The lowest BCUT2D eigenvalue weighted by atomic mass is 9.85. The number of aryl methyl sites for hydroxylation is 1. The van der Waals surface area contributed by atoms with Gasteiger partial charge in [-0.2, -0.15) is 0 Å². The molecule has 1 aliphatic carbocycles. The van der Waals surface area contributed by atoms with Crippen LogP contribution in [0.4, 0.5) is 11.5 Å². The molecule has 1 N–H and O–H groups in total. The van der Waals surface area contributed by atoms with Gasteiger partial charge in [0.2, 0.25) is 0 Å². The van der Waals surface area contributed by atoms with E-state index in [-0.39, 0.29) is 11.7 Å². The summed E-state index contributed by atoms with van der Waals surface area (Å²) in [5.41, 5.74) is 3.54. The number of fused-ring (bicyclic) bond motifs is 1. The van der Waals surface area contributed by atoms with E-state index in [4.69, 9.17) is 9.52 Å². The number of nitrogens with zero attached hydrogens (tertiary/aromatic N) is 4. The van der Waals surface area contributed by atoms with Crippen LogP contribution in [0, 0.1) is 0 Å². The highest BCUT2D eigenvalue weighted by Crippen LogP contribution is 2.37. The third-order valence-electron chi connectivity index (χ3n) is 5.44. The van der Waals surface area contributed by atoms with Crippen molar-refractivity contribution in [2.45, 2.75) is 32.1 Å². The van der Waals surface area contributed by atoms with Crippen LogP contribution in [0.2, 0.25) is 0 Å². The lowest BCUT2D eigenvalue weighted by molar-refractivity contribution is 0.0960. The first-order chi connectivity index (χ1) is 14.7. The predicted molar refractivity (Wildman–Crippen MR) is 112 cm³/mol. The van der Waals surface area contributed by atoms with E-state index < -0.39 is 0 Å². The Labute approximate surface area is 173 Å². The minimum Gasteiger partial charge on any atom is -0.469 e. The molecule has 3 heterocycles. The second-order valence-corrected chi connectivity index (χ2v) is 7.35. The topological polar surface area (TPSA) is 85.8 Å². The van der Waals surface area contributed by atoms with Crippen molar-refractivity contribution in [3.05, 3.63) is 83.7 Å². The number of rotatable bonds is 5. The number of hydrogen-bond donors (Lipinski definition) is 1. The summed E-state index contributed by atoms with van der Waals surface area (Å²) in [6, 6.07) is 13.7. The lowest BCUT2D eigenvalue weighted by Gasteiger charge is -2.20. The fraction of sp³-hybridized carbons (Fsp3) is 0.217. The van der Waals surface area contributed by atoms with Crippen LogP contribution in [0.1, 0.15) is 46.6 Å². The van der Waals surface area contributed by atoms with Crippen molar-refractivity contribution in [2.24, 2.45) is 0 Å². The van der Waals surface area contributed by atoms with Crippen LogP contribution in [0.25, 0.3) is 5.95 Å². The average Bonchev–Trinajstić information content (AvgIpc) is 3.44. The average molecular weight is 399 g/mol. The zero-order valence-corrected chi connectivity index (χ0v) is 16.6. The first-order valence-electron chi connectivity index (χ1n) is 10.0.